The summed E-state index contributed by atoms with van der Waals surface area (Å²) in [5.41, 5.74) is 0.960. The highest BCUT2D eigenvalue weighted by Gasteiger charge is 2.20. The number of β-amino-alcohol motifs (C(OH)–C–C–N with tert-alkyl or cyclic N) is 1. The summed E-state index contributed by atoms with van der Waals surface area (Å²) in [5, 5.41) is 23.6. The topological polar surface area (TPSA) is 82.2 Å². The normalized spacial score (nSPS) is 18.1. The maximum Gasteiger partial charge on any atom is 0.285 e. The number of rotatable bonds is 4. The number of aliphatic hydroxyl groups excluding tert-OH is 1. The highest BCUT2D eigenvalue weighted by Crippen LogP contribution is 2.16. The molecule has 1 aliphatic rings. The Morgan fingerprint density at radius 2 is 2.00 bits per heavy atom. The van der Waals surface area contributed by atoms with Gasteiger partial charge in [-0.3, -0.25) is 4.79 Å². The first-order valence-corrected chi connectivity index (χ1v) is 7.81. The van der Waals surface area contributed by atoms with E-state index in [2.05, 4.69) is 16.9 Å². The fourth-order valence-electron chi connectivity index (χ4n) is 2.83. The largest absolute Gasteiger partial charge is 0.390 e. The first kappa shape index (κ1) is 16.7. The lowest BCUT2D eigenvalue weighted by atomic mass is 9.99. The molecule has 0 amide bonds. The lowest BCUT2D eigenvalue weighted by molar-refractivity contribution is 0.0765. The lowest BCUT2D eigenvalue weighted by Crippen LogP contribution is -2.41. The molecule has 2 rings (SSSR count). The van der Waals surface area contributed by atoms with Gasteiger partial charge < -0.3 is 10.0 Å². The first-order valence-electron chi connectivity index (χ1n) is 7.81. The summed E-state index contributed by atoms with van der Waals surface area (Å²) in [4.78, 5) is 14.4. The zero-order valence-electron chi connectivity index (χ0n) is 13.5. The van der Waals surface area contributed by atoms with Crippen LogP contribution in [0.3, 0.4) is 0 Å². The van der Waals surface area contributed by atoms with Gasteiger partial charge in [0.2, 0.25) is 0 Å². The van der Waals surface area contributed by atoms with Crippen molar-refractivity contribution < 1.29 is 5.11 Å². The Morgan fingerprint density at radius 3 is 2.59 bits per heavy atom. The van der Waals surface area contributed by atoms with Crippen LogP contribution in [0.5, 0.6) is 0 Å². The molecule has 0 radical (unpaired) electrons. The molecule has 6 nitrogen and oxygen atoms in total. The number of hydrogen-bond donors (Lipinski definition) is 1. The van der Waals surface area contributed by atoms with Crippen molar-refractivity contribution in [2.75, 3.05) is 19.6 Å². The molecule has 0 aliphatic carbocycles. The van der Waals surface area contributed by atoms with Gasteiger partial charge in [-0.15, -0.1) is 0 Å². The highest BCUT2D eigenvalue weighted by atomic mass is 16.3. The van der Waals surface area contributed by atoms with Crippen molar-refractivity contribution in [3.63, 3.8) is 0 Å². The predicted octanol–water partition coefficient (Wildman–Crippen LogP) is 0.825. The molecule has 0 bridgehead atoms. The summed E-state index contributed by atoms with van der Waals surface area (Å²) < 4.78 is 1.22. The van der Waals surface area contributed by atoms with Crippen LogP contribution < -0.4 is 5.56 Å². The summed E-state index contributed by atoms with van der Waals surface area (Å²) in [6, 6.07) is 1.94. The van der Waals surface area contributed by atoms with Crippen LogP contribution in [0.25, 0.3) is 0 Å². The van der Waals surface area contributed by atoms with Gasteiger partial charge in [0, 0.05) is 6.54 Å². The van der Waals surface area contributed by atoms with E-state index in [0.29, 0.717) is 17.8 Å². The van der Waals surface area contributed by atoms with Gasteiger partial charge in [0.15, 0.2) is 0 Å². The monoisotopic (exact) mass is 304 g/mol. The Balaban J connectivity index is 2.06. The smallest absolute Gasteiger partial charge is 0.285 e. The number of nitriles is 1. The average molecular weight is 304 g/mol. The molecule has 0 spiro atoms. The highest BCUT2D eigenvalue weighted by molar-refractivity contribution is 5.36. The minimum absolute atomic E-state index is 0.117. The summed E-state index contributed by atoms with van der Waals surface area (Å²) in [6.45, 7) is 8.36. The Hall–Kier alpha value is -1.71. The minimum Gasteiger partial charge on any atom is -0.390 e. The number of nitrogens with zero attached hydrogens (tertiary/aromatic N) is 4. The van der Waals surface area contributed by atoms with Crippen molar-refractivity contribution in [2.45, 2.75) is 46.3 Å². The molecule has 22 heavy (non-hydrogen) atoms. The third kappa shape index (κ3) is 3.73. The van der Waals surface area contributed by atoms with Crippen LogP contribution in [0.4, 0.5) is 0 Å². The Kier molecular flexibility index (Phi) is 5.33. The van der Waals surface area contributed by atoms with E-state index >= 15 is 0 Å². The van der Waals surface area contributed by atoms with E-state index in [1.165, 1.54) is 4.68 Å². The van der Waals surface area contributed by atoms with Gasteiger partial charge in [-0.2, -0.15) is 10.4 Å². The van der Waals surface area contributed by atoms with E-state index in [9.17, 15) is 9.90 Å². The lowest BCUT2D eigenvalue weighted by Gasteiger charge is -2.31. The summed E-state index contributed by atoms with van der Waals surface area (Å²) in [6.07, 6.45) is 1.63. The van der Waals surface area contributed by atoms with Crippen molar-refractivity contribution in [1.82, 2.24) is 14.7 Å². The van der Waals surface area contributed by atoms with Gasteiger partial charge in [-0.05, 0) is 51.3 Å². The molecule has 0 saturated carbocycles. The number of aromatic nitrogens is 2. The SMILES string of the molecule is Cc1nn(C[C@@H](O)CN2CCC(C)CC2)c(=O)c(C#N)c1C. The maximum absolute atomic E-state index is 12.2. The molecule has 6 heteroatoms. The Bertz CT molecular complexity index is 624. The first-order chi connectivity index (χ1) is 10.4. The standard InChI is InChI=1S/C16H24N4O2/c1-11-4-6-19(7-5-11)9-14(21)10-20-16(22)15(8-17)12(2)13(3)18-20/h11,14,21H,4-7,9-10H2,1-3H3/t14-/m0/s1. The summed E-state index contributed by atoms with van der Waals surface area (Å²) >= 11 is 0. The number of aliphatic hydroxyl groups is 1. The van der Waals surface area contributed by atoms with Crippen LogP contribution in [-0.2, 0) is 6.54 Å². The molecule has 0 aromatic carbocycles. The molecule has 120 valence electrons. The zero-order chi connectivity index (χ0) is 16.3. The number of aryl methyl sites for hydroxylation is 1. The van der Waals surface area contributed by atoms with Gasteiger partial charge in [0.1, 0.15) is 11.6 Å². The second-order valence-corrected chi connectivity index (χ2v) is 6.32. The average Bonchev–Trinajstić information content (AvgIpc) is 2.48. The van der Waals surface area contributed by atoms with E-state index in [4.69, 9.17) is 5.26 Å². The number of likely N-dealkylation sites (tertiary alicyclic amines) is 1. The quantitative estimate of drug-likeness (QED) is 0.890. The van der Waals surface area contributed by atoms with E-state index in [-0.39, 0.29) is 12.1 Å². The van der Waals surface area contributed by atoms with Gasteiger partial charge in [0.25, 0.3) is 5.56 Å². The summed E-state index contributed by atoms with van der Waals surface area (Å²) in [7, 11) is 0. The van der Waals surface area contributed by atoms with Crippen LogP contribution in [0.15, 0.2) is 4.79 Å². The second-order valence-electron chi connectivity index (χ2n) is 6.32. The van der Waals surface area contributed by atoms with E-state index in [1.54, 1.807) is 13.8 Å². The van der Waals surface area contributed by atoms with E-state index in [0.717, 1.165) is 31.8 Å². The van der Waals surface area contributed by atoms with Crippen molar-refractivity contribution in [1.29, 1.82) is 5.26 Å². The van der Waals surface area contributed by atoms with Crippen molar-refractivity contribution >= 4 is 0 Å². The third-order valence-corrected chi connectivity index (χ3v) is 4.48. The number of piperidine rings is 1. The van der Waals surface area contributed by atoms with Crippen LogP contribution in [-0.4, -0.2) is 45.5 Å². The predicted molar refractivity (Wildman–Crippen MR) is 83.5 cm³/mol. The summed E-state index contributed by atoms with van der Waals surface area (Å²) in [5.74, 6) is 0.746. The zero-order valence-corrected chi connectivity index (χ0v) is 13.5. The molecular formula is C16H24N4O2. The molecular weight excluding hydrogens is 280 g/mol. The molecule has 2 heterocycles. The minimum atomic E-state index is -0.660. The fourth-order valence-corrected chi connectivity index (χ4v) is 2.83. The van der Waals surface area contributed by atoms with Crippen molar-refractivity contribution in [3.8, 4) is 6.07 Å². The molecule has 1 aromatic heterocycles. The van der Waals surface area contributed by atoms with Gasteiger partial charge in [0.05, 0.1) is 18.3 Å². The third-order valence-electron chi connectivity index (χ3n) is 4.48. The molecule has 1 atom stereocenters. The second kappa shape index (κ2) is 7.03. The molecule has 1 aliphatic heterocycles. The Morgan fingerprint density at radius 1 is 1.36 bits per heavy atom. The number of hydrogen-bond acceptors (Lipinski definition) is 5. The van der Waals surface area contributed by atoms with Crippen molar-refractivity contribution in [3.05, 3.63) is 27.2 Å². The molecule has 1 fully saturated rings. The molecule has 1 saturated heterocycles. The van der Waals surface area contributed by atoms with Crippen LogP contribution in [0.1, 0.15) is 36.6 Å². The van der Waals surface area contributed by atoms with Crippen LogP contribution >= 0.6 is 0 Å². The Labute approximate surface area is 131 Å². The van der Waals surface area contributed by atoms with E-state index < -0.39 is 11.7 Å². The van der Waals surface area contributed by atoms with E-state index in [1.807, 2.05) is 6.07 Å². The van der Waals surface area contributed by atoms with Crippen molar-refractivity contribution in [2.24, 2.45) is 5.92 Å². The van der Waals surface area contributed by atoms with Gasteiger partial charge in [-0.25, -0.2) is 4.68 Å². The van der Waals surface area contributed by atoms with Crippen LogP contribution in [0, 0.1) is 31.1 Å². The van der Waals surface area contributed by atoms with Gasteiger partial charge >= 0.3 is 0 Å². The molecule has 1 N–H and O–H groups in total. The fraction of sp³-hybridized carbons (Fsp3) is 0.688. The molecule has 1 aromatic rings. The molecule has 0 unspecified atom stereocenters. The van der Waals surface area contributed by atoms with Crippen LogP contribution in [0.2, 0.25) is 0 Å². The van der Waals surface area contributed by atoms with Gasteiger partial charge in [-0.1, -0.05) is 6.92 Å². The maximum atomic E-state index is 12.2.